The first-order valence-electron chi connectivity index (χ1n) is 8.37. The van der Waals surface area contributed by atoms with Crippen molar-refractivity contribution < 1.29 is 13.2 Å². The summed E-state index contributed by atoms with van der Waals surface area (Å²) in [5.74, 6) is 0.461. The van der Waals surface area contributed by atoms with Crippen molar-refractivity contribution in [2.45, 2.75) is 13.1 Å². The van der Waals surface area contributed by atoms with Crippen LogP contribution >= 0.6 is 0 Å². The van der Waals surface area contributed by atoms with Crippen molar-refractivity contribution >= 4 is 22.5 Å². The summed E-state index contributed by atoms with van der Waals surface area (Å²) in [7, 11) is 0. The molecule has 4 rings (SSSR count). The summed E-state index contributed by atoms with van der Waals surface area (Å²) < 4.78 is 39.6. The molecule has 0 spiro atoms. The fourth-order valence-electron chi connectivity index (χ4n) is 2.69. The Balaban J connectivity index is 1.57. The number of alkyl halides is 3. The predicted octanol–water partition coefficient (Wildman–Crippen LogP) is 4.58. The number of fused-ring (bicyclic) bond motifs is 1. The number of hydrogen-bond donors (Lipinski definition) is 2. The van der Waals surface area contributed by atoms with Gasteiger partial charge in [0, 0.05) is 0 Å². The minimum Gasteiger partial charge on any atom is -0.300 e. The molecular formula is C19H15F3N6. The molecule has 6 nitrogen and oxygen atoms in total. The molecule has 0 aliphatic heterocycles. The maximum atomic E-state index is 12.6. The zero-order valence-electron chi connectivity index (χ0n) is 14.7. The van der Waals surface area contributed by atoms with Crippen LogP contribution in [0.5, 0.6) is 0 Å². The Labute approximate surface area is 158 Å². The second kappa shape index (κ2) is 6.84. The Morgan fingerprint density at radius 1 is 0.893 bits per heavy atom. The van der Waals surface area contributed by atoms with Crippen molar-refractivity contribution in [1.82, 2.24) is 19.7 Å². The molecule has 142 valence electrons. The van der Waals surface area contributed by atoms with E-state index in [9.17, 15) is 13.2 Å². The topological polar surface area (TPSA) is 67.7 Å². The Morgan fingerprint density at radius 3 is 2.29 bits per heavy atom. The molecular weight excluding hydrogens is 369 g/mol. The van der Waals surface area contributed by atoms with Crippen molar-refractivity contribution in [3.05, 3.63) is 72.2 Å². The number of nitrogens with one attached hydrogen (secondary N) is 2. The minimum atomic E-state index is -4.37. The molecule has 0 bridgehead atoms. The van der Waals surface area contributed by atoms with E-state index in [4.69, 9.17) is 0 Å². The molecule has 2 heterocycles. The van der Waals surface area contributed by atoms with E-state index in [1.807, 2.05) is 31.2 Å². The zero-order valence-corrected chi connectivity index (χ0v) is 14.7. The predicted molar refractivity (Wildman–Crippen MR) is 100 cm³/mol. The van der Waals surface area contributed by atoms with Crippen LogP contribution in [0.1, 0.15) is 11.1 Å². The van der Waals surface area contributed by atoms with Crippen molar-refractivity contribution in [2.75, 3.05) is 10.9 Å². The molecule has 9 heteroatoms. The van der Waals surface area contributed by atoms with Gasteiger partial charge in [-0.15, -0.1) is 0 Å². The van der Waals surface area contributed by atoms with Crippen LogP contribution in [0.4, 0.5) is 24.7 Å². The van der Waals surface area contributed by atoms with Crippen LogP contribution in [0.25, 0.3) is 16.7 Å². The van der Waals surface area contributed by atoms with E-state index in [0.29, 0.717) is 22.5 Å². The van der Waals surface area contributed by atoms with Crippen molar-refractivity contribution in [1.29, 1.82) is 0 Å². The molecule has 0 amide bonds. The standard InChI is InChI=1S/C19H15F3N6/c1-12-2-8-15(9-3-12)28-18-16(10-25-28)17(23-11-24-18)27-26-14-6-4-13(5-7-14)19(20,21)22/h2-11,26H,1H3,(H,23,24,27). The molecule has 2 N–H and O–H groups in total. The van der Waals surface area contributed by atoms with Crippen LogP contribution in [0, 0.1) is 6.92 Å². The summed E-state index contributed by atoms with van der Waals surface area (Å²) in [6.45, 7) is 2.00. The quantitative estimate of drug-likeness (QED) is 0.504. The molecule has 0 atom stereocenters. The molecule has 4 aromatic rings. The Hall–Kier alpha value is -3.62. The second-order valence-corrected chi connectivity index (χ2v) is 6.18. The summed E-state index contributed by atoms with van der Waals surface area (Å²) >= 11 is 0. The first-order valence-corrected chi connectivity index (χ1v) is 8.37. The largest absolute Gasteiger partial charge is 0.416 e. The van der Waals surface area contributed by atoms with Gasteiger partial charge in [-0.25, -0.2) is 14.6 Å². The van der Waals surface area contributed by atoms with Crippen LogP contribution in [-0.2, 0) is 6.18 Å². The SMILES string of the molecule is Cc1ccc(-n2ncc3c(NNc4ccc(C(F)(F)F)cc4)ncnc32)cc1. The lowest BCUT2D eigenvalue weighted by atomic mass is 10.2. The molecule has 2 aromatic carbocycles. The molecule has 0 saturated heterocycles. The highest BCUT2D eigenvalue weighted by molar-refractivity contribution is 5.87. The lowest BCUT2D eigenvalue weighted by Crippen LogP contribution is -2.11. The van der Waals surface area contributed by atoms with Gasteiger partial charge < -0.3 is 0 Å². The number of rotatable bonds is 4. The van der Waals surface area contributed by atoms with Crippen LogP contribution in [0.3, 0.4) is 0 Å². The van der Waals surface area contributed by atoms with E-state index in [-0.39, 0.29) is 0 Å². The fourth-order valence-corrected chi connectivity index (χ4v) is 2.69. The molecule has 0 aliphatic rings. The number of halogens is 3. The van der Waals surface area contributed by atoms with Gasteiger partial charge in [-0.3, -0.25) is 10.9 Å². The molecule has 0 radical (unpaired) electrons. The first kappa shape index (κ1) is 17.8. The van der Waals surface area contributed by atoms with Crippen LogP contribution < -0.4 is 10.9 Å². The number of aromatic nitrogens is 4. The van der Waals surface area contributed by atoms with Gasteiger partial charge in [0.2, 0.25) is 0 Å². The van der Waals surface area contributed by atoms with Crippen LogP contribution in [0.2, 0.25) is 0 Å². The van der Waals surface area contributed by atoms with Crippen molar-refractivity contribution in [3.8, 4) is 5.69 Å². The maximum Gasteiger partial charge on any atom is 0.416 e. The average Bonchev–Trinajstić information content (AvgIpc) is 3.11. The Kier molecular flexibility index (Phi) is 4.34. The fraction of sp³-hybridized carbons (Fsp3) is 0.105. The van der Waals surface area contributed by atoms with E-state index in [2.05, 4.69) is 25.9 Å². The highest BCUT2D eigenvalue weighted by Crippen LogP contribution is 2.30. The van der Waals surface area contributed by atoms with E-state index in [1.54, 1.807) is 10.9 Å². The monoisotopic (exact) mass is 384 g/mol. The van der Waals surface area contributed by atoms with Gasteiger partial charge in [0.05, 0.1) is 28.5 Å². The Bertz CT molecular complexity index is 1100. The van der Waals surface area contributed by atoms with Gasteiger partial charge in [0.1, 0.15) is 6.33 Å². The highest BCUT2D eigenvalue weighted by Gasteiger charge is 2.29. The van der Waals surface area contributed by atoms with Crippen molar-refractivity contribution in [3.63, 3.8) is 0 Å². The van der Waals surface area contributed by atoms with Gasteiger partial charge in [0.15, 0.2) is 11.5 Å². The Morgan fingerprint density at radius 2 is 1.61 bits per heavy atom. The van der Waals surface area contributed by atoms with Crippen molar-refractivity contribution in [2.24, 2.45) is 0 Å². The second-order valence-electron chi connectivity index (χ2n) is 6.18. The summed E-state index contributed by atoms with van der Waals surface area (Å²) in [4.78, 5) is 8.47. The lowest BCUT2D eigenvalue weighted by molar-refractivity contribution is -0.137. The lowest BCUT2D eigenvalue weighted by Gasteiger charge is -2.11. The zero-order chi connectivity index (χ0) is 19.7. The normalized spacial score (nSPS) is 11.6. The number of anilines is 2. The molecule has 28 heavy (non-hydrogen) atoms. The van der Waals surface area contributed by atoms with Gasteiger partial charge >= 0.3 is 6.18 Å². The summed E-state index contributed by atoms with van der Waals surface area (Å²) in [5.41, 5.74) is 8.11. The van der Waals surface area contributed by atoms with E-state index < -0.39 is 11.7 Å². The summed E-state index contributed by atoms with van der Waals surface area (Å²) in [6.07, 6.45) is -1.34. The van der Waals surface area contributed by atoms with E-state index in [0.717, 1.165) is 23.4 Å². The number of benzene rings is 2. The molecule has 0 aliphatic carbocycles. The number of aryl methyl sites for hydroxylation is 1. The van der Waals surface area contributed by atoms with Gasteiger partial charge in [-0.1, -0.05) is 17.7 Å². The third kappa shape index (κ3) is 3.46. The molecule has 0 unspecified atom stereocenters. The van der Waals surface area contributed by atoms with Gasteiger partial charge in [-0.05, 0) is 43.3 Å². The number of hydrazine groups is 1. The van der Waals surface area contributed by atoms with Gasteiger partial charge in [0.25, 0.3) is 0 Å². The van der Waals surface area contributed by atoms with Crippen LogP contribution in [-0.4, -0.2) is 19.7 Å². The third-order valence-corrected chi connectivity index (χ3v) is 4.18. The maximum absolute atomic E-state index is 12.6. The minimum absolute atomic E-state index is 0.461. The summed E-state index contributed by atoms with van der Waals surface area (Å²) in [6, 6.07) is 12.5. The van der Waals surface area contributed by atoms with Crippen LogP contribution in [0.15, 0.2) is 61.1 Å². The first-order chi connectivity index (χ1) is 13.4. The third-order valence-electron chi connectivity index (χ3n) is 4.18. The van der Waals surface area contributed by atoms with E-state index in [1.165, 1.54) is 18.5 Å². The number of hydrogen-bond acceptors (Lipinski definition) is 5. The highest BCUT2D eigenvalue weighted by atomic mass is 19.4. The average molecular weight is 384 g/mol. The molecule has 0 saturated carbocycles. The van der Waals surface area contributed by atoms with E-state index >= 15 is 0 Å². The smallest absolute Gasteiger partial charge is 0.300 e. The molecule has 0 fully saturated rings. The molecule has 2 aromatic heterocycles. The summed E-state index contributed by atoms with van der Waals surface area (Å²) in [5, 5.41) is 5.04. The van der Waals surface area contributed by atoms with Gasteiger partial charge in [-0.2, -0.15) is 18.3 Å². The number of nitrogens with zero attached hydrogens (tertiary/aromatic N) is 4.